The highest BCUT2D eigenvalue weighted by Crippen LogP contribution is 2.51. The molecule has 0 atom stereocenters. The van der Waals surface area contributed by atoms with Crippen LogP contribution in [0, 0.1) is 0 Å². The number of aromatic hydroxyl groups is 1. The maximum absolute atomic E-state index is 12.1. The number of fused-ring (bicyclic) bond motifs is 1. The molecule has 10 heteroatoms. The Morgan fingerprint density at radius 2 is 1.72 bits per heavy atom. The summed E-state index contributed by atoms with van der Waals surface area (Å²) in [5.74, 6) is 0.784. The fourth-order valence-corrected chi connectivity index (χ4v) is 5.61. The topological polar surface area (TPSA) is 104 Å². The molecule has 1 saturated carbocycles. The Bertz CT molecular complexity index is 1510. The molecule has 202 valence electrons. The van der Waals surface area contributed by atoms with Crippen LogP contribution >= 0.6 is 35.6 Å². The summed E-state index contributed by atoms with van der Waals surface area (Å²) in [5.41, 5.74) is 10.4. The van der Waals surface area contributed by atoms with Crippen molar-refractivity contribution in [3.8, 4) is 16.9 Å². The number of nitrogens with zero attached hydrogens (tertiary/aromatic N) is 3. The highest BCUT2D eigenvalue weighted by Gasteiger charge is 2.46. The highest BCUT2D eigenvalue weighted by molar-refractivity contribution is 6.37. The number of benzene rings is 2. The Balaban J connectivity index is 0.00000308. The number of carbonyl (C=O) groups excluding carboxylic acids is 1. The van der Waals surface area contributed by atoms with Crippen LogP contribution in [0.15, 0.2) is 54.9 Å². The smallest absolute Gasteiger partial charge is 0.152 e. The summed E-state index contributed by atoms with van der Waals surface area (Å²) in [6.45, 7) is 1.80. The molecule has 2 aromatic carbocycles. The Morgan fingerprint density at radius 1 is 1.00 bits per heavy atom. The molecule has 4 N–H and O–H groups in total. The van der Waals surface area contributed by atoms with E-state index in [-0.39, 0.29) is 34.2 Å². The number of hydrogen-bond acceptors (Lipinski definition) is 7. The number of phenolic OH excluding ortho intramolecular Hbond substituents is 1. The maximum atomic E-state index is 12.1. The third kappa shape index (κ3) is 5.24. The third-order valence-corrected chi connectivity index (χ3v) is 8.23. The van der Waals surface area contributed by atoms with Gasteiger partial charge in [-0.05, 0) is 73.2 Å². The molecule has 3 heterocycles. The van der Waals surface area contributed by atoms with E-state index in [1.807, 2.05) is 36.5 Å². The molecule has 6 rings (SSSR count). The van der Waals surface area contributed by atoms with Gasteiger partial charge in [0, 0.05) is 36.3 Å². The summed E-state index contributed by atoms with van der Waals surface area (Å²) in [6.07, 6.45) is 8.16. The van der Waals surface area contributed by atoms with Gasteiger partial charge in [0.25, 0.3) is 0 Å². The molecule has 2 aliphatic rings. The molecule has 2 fully saturated rings. The first kappa shape index (κ1) is 27.5. The number of aromatic nitrogens is 2. The number of pyridine rings is 2. The van der Waals surface area contributed by atoms with Gasteiger partial charge in [0.15, 0.2) is 5.75 Å². The number of hydrogen-bond donors (Lipinski definition) is 3. The van der Waals surface area contributed by atoms with E-state index in [2.05, 4.69) is 15.2 Å². The zero-order valence-electron chi connectivity index (χ0n) is 21.0. The zero-order valence-corrected chi connectivity index (χ0v) is 23.4. The number of halogens is 3. The van der Waals surface area contributed by atoms with Crippen LogP contribution in [-0.2, 0) is 10.2 Å². The van der Waals surface area contributed by atoms with Crippen molar-refractivity contribution in [1.82, 2.24) is 9.97 Å². The molecule has 7 nitrogen and oxygen atoms in total. The van der Waals surface area contributed by atoms with Crippen molar-refractivity contribution < 1.29 is 9.90 Å². The molecule has 0 unspecified atom stereocenters. The SMILES string of the molecule is Cl.NC1CCN(c2ccc(Nc3c(C4(C=O)CC4)cnc4ccc(-c5cc(Cl)c(O)c(Cl)c5)cc34)cn2)CC1. The van der Waals surface area contributed by atoms with Crippen LogP contribution in [0.2, 0.25) is 10.0 Å². The summed E-state index contributed by atoms with van der Waals surface area (Å²) in [6, 6.07) is 13.5. The lowest BCUT2D eigenvalue weighted by Gasteiger charge is -2.31. The van der Waals surface area contributed by atoms with E-state index >= 15 is 0 Å². The van der Waals surface area contributed by atoms with Crippen LogP contribution in [0.5, 0.6) is 5.75 Å². The Morgan fingerprint density at radius 3 is 2.33 bits per heavy atom. The van der Waals surface area contributed by atoms with Crippen molar-refractivity contribution in [2.24, 2.45) is 5.73 Å². The predicted molar refractivity (Wildman–Crippen MR) is 160 cm³/mol. The highest BCUT2D eigenvalue weighted by atomic mass is 35.5. The number of aldehydes is 1. The number of nitrogens with one attached hydrogen (secondary N) is 1. The summed E-state index contributed by atoms with van der Waals surface area (Å²) >= 11 is 12.4. The second kappa shape index (κ2) is 10.8. The van der Waals surface area contributed by atoms with Crippen molar-refractivity contribution in [3.05, 3.63) is 70.5 Å². The molecule has 0 bridgehead atoms. The van der Waals surface area contributed by atoms with E-state index in [0.29, 0.717) is 0 Å². The Labute approximate surface area is 242 Å². The van der Waals surface area contributed by atoms with Gasteiger partial charge in [0.2, 0.25) is 0 Å². The quantitative estimate of drug-likeness (QED) is 0.218. The molecule has 0 amide bonds. The van der Waals surface area contributed by atoms with E-state index < -0.39 is 5.41 Å². The van der Waals surface area contributed by atoms with Crippen molar-refractivity contribution >= 4 is 70.0 Å². The van der Waals surface area contributed by atoms with Crippen molar-refractivity contribution in [2.75, 3.05) is 23.3 Å². The first-order valence-electron chi connectivity index (χ1n) is 12.7. The minimum absolute atomic E-state index is 0. The molecule has 0 spiro atoms. The second-order valence-electron chi connectivity index (χ2n) is 10.2. The summed E-state index contributed by atoms with van der Waals surface area (Å²) in [7, 11) is 0. The number of nitrogens with two attached hydrogens (primary N) is 1. The number of phenols is 1. The monoisotopic (exact) mass is 583 g/mol. The number of carbonyl (C=O) groups is 1. The molecule has 4 aromatic rings. The summed E-state index contributed by atoms with van der Waals surface area (Å²) in [4.78, 5) is 23.8. The Hall–Kier alpha value is -3.10. The standard InChI is InChI=1S/C29H27Cl2N5O2.ClH/c30-23-12-18(13-24(31)28(23)38)17-1-3-25-21(11-17)27(22(15-33-25)29(16-37)7-8-29)35-20-2-4-26(34-14-20)36-9-5-19(32)6-10-36;/h1-4,11-16,19,38H,5-10,32H2,(H,33,35);1H. The second-order valence-corrected chi connectivity index (χ2v) is 11.0. The van der Waals surface area contributed by atoms with Gasteiger partial charge in [-0.2, -0.15) is 0 Å². The lowest BCUT2D eigenvalue weighted by atomic mass is 9.94. The van der Waals surface area contributed by atoms with Gasteiger partial charge in [0.1, 0.15) is 12.1 Å². The van der Waals surface area contributed by atoms with E-state index in [1.165, 1.54) is 0 Å². The average Bonchev–Trinajstić information content (AvgIpc) is 3.73. The third-order valence-electron chi connectivity index (χ3n) is 7.65. The van der Waals surface area contributed by atoms with E-state index in [4.69, 9.17) is 33.9 Å². The van der Waals surface area contributed by atoms with Gasteiger partial charge in [-0.15, -0.1) is 12.4 Å². The normalized spacial score (nSPS) is 16.5. The molecule has 1 saturated heterocycles. The molecular weight excluding hydrogens is 557 g/mol. The van der Waals surface area contributed by atoms with Crippen molar-refractivity contribution in [2.45, 2.75) is 37.1 Å². The Kier molecular flexibility index (Phi) is 7.62. The molecule has 0 radical (unpaired) electrons. The van der Waals surface area contributed by atoms with Crippen LogP contribution in [0.4, 0.5) is 17.2 Å². The molecule has 39 heavy (non-hydrogen) atoms. The minimum atomic E-state index is -0.537. The number of piperidine rings is 1. The van der Waals surface area contributed by atoms with Crippen LogP contribution in [-0.4, -0.2) is 40.5 Å². The van der Waals surface area contributed by atoms with Crippen LogP contribution in [0.1, 0.15) is 31.2 Å². The van der Waals surface area contributed by atoms with E-state index in [0.717, 1.165) is 89.8 Å². The van der Waals surface area contributed by atoms with Gasteiger partial charge in [0.05, 0.1) is 38.5 Å². The predicted octanol–water partition coefficient (Wildman–Crippen LogP) is 6.63. The van der Waals surface area contributed by atoms with Gasteiger partial charge in [-0.25, -0.2) is 4.98 Å². The maximum Gasteiger partial charge on any atom is 0.152 e. The number of anilines is 3. The fraction of sp³-hybridized carbons (Fsp3) is 0.276. The van der Waals surface area contributed by atoms with Crippen molar-refractivity contribution in [3.63, 3.8) is 0 Å². The van der Waals surface area contributed by atoms with Gasteiger partial charge in [-0.1, -0.05) is 29.3 Å². The minimum Gasteiger partial charge on any atom is -0.505 e. The van der Waals surface area contributed by atoms with Crippen LogP contribution < -0.4 is 16.0 Å². The van der Waals surface area contributed by atoms with E-state index in [9.17, 15) is 9.90 Å². The van der Waals surface area contributed by atoms with Crippen LogP contribution in [0.25, 0.3) is 22.0 Å². The van der Waals surface area contributed by atoms with Crippen molar-refractivity contribution in [1.29, 1.82) is 0 Å². The summed E-state index contributed by atoms with van der Waals surface area (Å²) in [5, 5.41) is 14.8. The summed E-state index contributed by atoms with van der Waals surface area (Å²) < 4.78 is 0. The van der Waals surface area contributed by atoms with Gasteiger partial charge < -0.3 is 25.9 Å². The average molecular weight is 585 g/mol. The largest absolute Gasteiger partial charge is 0.505 e. The zero-order chi connectivity index (χ0) is 26.4. The lowest BCUT2D eigenvalue weighted by Crippen LogP contribution is -2.40. The molecule has 1 aliphatic carbocycles. The van der Waals surface area contributed by atoms with Gasteiger partial charge >= 0.3 is 0 Å². The van der Waals surface area contributed by atoms with Gasteiger partial charge in [-0.3, -0.25) is 4.98 Å². The van der Waals surface area contributed by atoms with E-state index in [1.54, 1.807) is 18.3 Å². The number of rotatable bonds is 6. The fourth-order valence-electron chi connectivity index (χ4n) is 5.12. The first-order valence-corrected chi connectivity index (χ1v) is 13.4. The molecule has 1 aliphatic heterocycles. The molecule has 2 aromatic heterocycles. The lowest BCUT2D eigenvalue weighted by molar-refractivity contribution is -0.109. The molecular formula is C29H28Cl3N5O2. The first-order chi connectivity index (χ1) is 18.4. The van der Waals surface area contributed by atoms with Crippen LogP contribution in [0.3, 0.4) is 0 Å².